The summed E-state index contributed by atoms with van der Waals surface area (Å²) in [7, 11) is 0. The zero-order chi connectivity index (χ0) is 20.2. The van der Waals surface area contributed by atoms with Gasteiger partial charge < -0.3 is 14.5 Å². The van der Waals surface area contributed by atoms with E-state index >= 15 is 0 Å². The second-order valence-corrected chi connectivity index (χ2v) is 6.46. The van der Waals surface area contributed by atoms with Crippen LogP contribution in [-0.2, 0) is 4.74 Å². The van der Waals surface area contributed by atoms with Crippen molar-refractivity contribution in [3.63, 3.8) is 0 Å². The van der Waals surface area contributed by atoms with Gasteiger partial charge in [-0.15, -0.1) is 0 Å². The fourth-order valence-corrected chi connectivity index (χ4v) is 2.89. The molecule has 1 aromatic heterocycles. The van der Waals surface area contributed by atoms with Crippen molar-refractivity contribution in [1.29, 1.82) is 0 Å². The van der Waals surface area contributed by atoms with Gasteiger partial charge >= 0.3 is 5.97 Å². The predicted octanol–water partition coefficient (Wildman–Crippen LogP) is 4.63. The normalized spacial score (nSPS) is 11.8. The van der Waals surface area contributed by atoms with Gasteiger partial charge in [-0.05, 0) is 49.4 Å². The molecule has 0 aliphatic rings. The summed E-state index contributed by atoms with van der Waals surface area (Å²) in [4.78, 5) is 31.9. The Hall–Kier alpha value is -3.93. The summed E-state index contributed by atoms with van der Waals surface area (Å²) in [6, 6.07) is 23.0. The van der Waals surface area contributed by atoms with Gasteiger partial charge in [0.1, 0.15) is 11.5 Å². The van der Waals surface area contributed by atoms with Crippen LogP contribution in [-0.4, -0.2) is 15.9 Å². The van der Waals surface area contributed by atoms with Crippen LogP contribution in [0.5, 0.6) is 11.5 Å². The highest BCUT2D eigenvalue weighted by Gasteiger charge is 2.17. The first kappa shape index (κ1) is 18.4. The molecule has 6 nitrogen and oxygen atoms in total. The average Bonchev–Trinajstić information content (AvgIpc) is 2.74. The van der Waals surface area contributed by atoms with Gasteiger partial charge in [-0.25, -0.2) is 9.78 Å². The number of nitrogens with one attached hydrogen (secondary N) is 1. The zero-order valence-corrected chi connectivity index (χ0v) is 15.7. The van der Waals surface area contributed by atoms with E-state index < -0.39 is 12.1 Å². The number of aromatic amines is 1. The SMILES string of the molecule is CC(OC(=O)c1cccc(Oc2ccccc2)c1)c1nc2ccccc2c(=O)[nH]1. The van der Waals surface area contributed by atoms with Gasteiger partial charge in [0.15, 0.2) is 11.9 Å². The minimum absolute atomic E-state index is 0.272. The van der Waals surface area contributed by atoms with Crippen molar-refractivity contribution in [2.75, 3.05) is 0 Å². The molecule has 4 rings (SSSR count). The molecular formula is C23H18N2O4. The summed E-state index contributed by atoms with van der Waals surface area (Å²) in [6.07, 6.45) is -0.724. The number of para-hydroxylation sites is 2. The molecule has 4 aromatic rings. The van der Waals surface area contributed by atoms with Crippen LogP contribution in [0.3, 0.4) is 0 Å². The molecule has 0 radical (unpaired) electrons. The second kappa shape index (κ2) is 7.98. The number of benzene rings is 3. The lowest BCUT2D eigenvalue weighted by atomic mass is 10.2. The second-order valence-electron chi connectivity index (χ2n) is 6.46. The number of hydrogen-bond acceptors (Lipinski definition) is 5. The fourth-order valence-electron chi connectivity index (χ4n) is 2.89. The fraction of sp³-hybridized carbons (Fsp3) is 0.0870. The maximum Gasteiger partial charge on any atom is 0.338 e. The number of carbonyl (C=O) groups is 1. The molecule has 1 heterocycles. The number of nitrogens with zero attached hydrogens (tertiary/aromatic N) is 1. The van der Waals surface area contributed by atoms with E-state index in [-0.39, 0.29) is 5.56 Å². The van der Waals surface area contributed by atoms with Crippen LogP contribution in [0.1, 0.15) is 29.2 Å². The van der Waals surface area contributed by atoms with Crippen molar-refractivity contribution in [1.82, 2.24) is 9.97 Å². The zero-order valence-electron chi connectivity index (χ0n) is 15.7. The monoisotopic (exact) mass is 386 g/mol. The third-order valence-corrected chi connectivity index (χ3v) is 4.35. The highest BCUT2D eigenvalue weighted by molar-refractivity contribution is 5.90. The molecule has 0 saturated heterocycles. The minimum atomic E-state index is -0.724. The Balaban J connectivity index is 1.52. The highest BCUT2D eigenvalue weighted by Crippen LogP contribution is 2.23. The maximum absolute atomic E-state index is 12.6. The van der Waals surface area contributed by atoms with Crippen LogP contribution in [0.2, 0.25) is 0 Å². The standard InChI is InChI=1S/C23H18N2O4/c1-15(21-24-20-13-6-5-12-19(20)22(26)25-21)28-23(27)16-8-7-11-18(14-16)29-17-9-3-2-4-10-17/h2-15H,1H3,(H,24,25,26). The number of carbonyl (C=O) groups excluding carboxylic acids is 1. The van der Waals surface area contributed by atoms with E-state index in [1.54, 1.807) is 55.5 Å². The molecule has 0 fully saturated rings. The molecule has 0 saturated carbocycles. The molecule has 6 heteroatoms. The molecule has 3 aromatic carbocycles. The first-order valence-corrected chi connectivity index (χ1v) is 9.13. The molecule has 1 atom stereocenters. The average molecular weight is 386 g/mol. The quantitative estimate of drug-likeness (QED) is 0.506. The summed E-state index contributed by atoms with van der Waals surface area (Å²) in [5.74, 6) is 0.949. The van der Waals surface area contributed by atoms with Crippen LogP contribution in [0, 0.1) is 0 Å². The lowest BCUT2D eigenvalue weighted by Gasteiger charge is -2.13. The molecule has 1 N–H and O–H groups in total. The summed E-state index contributed by atoms with van der Waals surface area (Å²) >= 11 is 0. The van der Waals surface area contributed by atoms with Gasteiger partial charge in [0.05, 0.1) is 16.5 Å². The molecule has 0 aliphatic heterocycles. The Morgan fingerprint density at radius 2 is 1.66 bits per heavy atom. The molecule has 0 bridgehead atoms. The Labute approximate surface area is 166 Å². The Morgan fingerprint density at radius 1 is 0.931 bits per heavy atom. The number of ether oxygens (including phenoxy) is 2. The summed E-state index contributed by atoms with van der Waals surface area (Å²) in [5.41, 5.74) is 0.618. The first-order valence-electron chi connectivity index (χ1n) is 9.13. The van der Waals surface area contributed by atoms with Gasteiger partial charge in [0.2, 0.25) is 0 Å². The van der Waals surface area contributed by atoms with Gasteiger partial charge in [-0.2, -0.15) is 0 Å². The van der Waals surface area contributed by atoms with Crippen LogP contribution >= 0.6 is 0 Å². The smallest absolute Gasteiger partial charge is 0.338 e. The van der Waals surface area contributed by atoms with Crippen molar-refractivity contribution in [3.05, 3.63) is 101 Å². The predicted molar refractivity (Wildman–Crippen MR) is 109 cm³/mol. The van der Waals surface area contributed by atoms with E-state index in [1.165, 1.54) is 0 Å². The number of rotatable bonds is 5. The van der Waals surface area contributed by atoms with E-state index in [2.05, 4.69) is 9.97 Å². The summed E-state index contributed by atoms with van der Waals surface area (Å²) < 4.78 is 11.3. The van der Waals surface area contributed by atoms with E-state index in [0.29, 0.717) is 33.8 Å². The molecule has 0 amide bonds. The third-order valence-electron chi connectivity index (χ3n) is 4.35. The van der Waals surface area contributed by atoms with Gasteiger partial charge in [-0.1, -0.05) is 36.4 Å². The minimum Gasteiger partial charge on any atom is -0.457 e. The Morgan fingerprint density at radius 3 is 2.48 bits per heavy atom. The topological polar surface area (TPSA) is 81.3 Å². The van der Waals surface area contributed by atoms with Gasteiger partial charge in [0, 0.05) is 0 Å². The number of fused-ring (bicyclic) bond motifs is 1. The largest absolute Gasteiger partial charge is 0.457 e. The van der Waals surface area contributed by atoms with Crippen molar-refractivity contribution >= 4 is 16.9 Å². The molecule has 0 spiro atoms. The molecule has 1 unspecified atom stereocenters. The van der Waals surface area contributed by atoms with E-state index in [9.17, 15) is 9.59 Å². The Kier molecular flexibility index (Phi) is 5.07. The Bertz CT molecular complexity index is 1220. The van der Waals surface area contributed by atoms with Crippen LogP contribution in [0.15, 0.2) is 83.7 Å². The van der Waals surface area contributed by atoms with Crippen molar-refractivity contribution in [2.45, 2.75) is 13.0 Å². The highest BCUT2D eigenvalue weighted by atomic mass is 16.5. The van der Waals surface area contributed by atoms with E-state index in [4.69, 9.17) is 9.47 Å². The molecule has 0 aliphatic carbocycles. The third kappa shape index (κ3) is 4.16. The molecule has 29 heavy (non-hydrogen) atoms. The van der Waals surface area contributed by atoms with Crippen molar-refractivity contribution in [3.8, 4) is 11.5 Å². The summed E-state index contributed by atoms with van der Waals surface area (Å²) in [6.45, 7) is 1.66. The maximum atomic E-state index is 12.6. The van der Waals surface area contributed by atoms with Gasteiger partial charge in [-0.3, -0.25) is 4.79 Å². The van der Waals surface area contributed by atoms with Crippen molar-refractivity contribution in [2.24, 2.45) is 0 Å². The van der Waals surface area contributed by atoms with Crippen molar-refractivity contribution < 1.29 is 14.3 Å². The van der Waals surface area contributed by atoms with Crippen LogP contribution < -0.4 is 10.3 Å². The number of esters is 1. The molecular weight excluding hydrogens is 368 g/mol. The van der Waals surface area contributed by atoms with Gasteiger partial charge in [0.25, 0.3) is 5.56 Å². The molecule has 144 valence electrons. The number of aromatic nitrogens is 2. The number of H-pyrrole nitrogens is 1. The van der Waals surface area contributed by atoms with E-state index in [1.807, 2.05) is 30.3 Å². The van der Waals surface area contributed by atoms with Crippen LogP contribution in [0.25, 0.3) is 10.9 Å². The lowest BCUT2D eigenvalue weighted by Crippen LogP contribution is -2.17. The van der Waals surface area contributed by atoms with E-state index in [0.717, 1.165) is 0 Å². The number of hydrogen-bond donors (Lipinski definition) is 1. The van der Waals surface area contributed by atoms with Crippen LogP contribution in [0.4, 0.5) is 0 Å². The summed E-state index contributed by atoms with van der Waals surface area (Å²) in [5, 5.41) is 0.487. The first-order chi connectivity index (χ1) is 14.1. The lowest BCUT2D eigenvalue weighted by molar-refractivity contribution is 0.0319.